The van der Waals surface area contributed by atoms with Crippen LogP contribution < -0.4 is 0 Å². The Bertz CT molecular complexity index is 404. The van der Waals surface area contributed by atoms with Gasteiger partial charge in [-0.1, -0.05) is 25.5 Å². The monoisotopic (exact) mass is 218 g/mol. The third-order valence-corrected chi connectivity index (χ3v) is 5.26. The van der Waals surface area contributed by atoms with Crippen LogP contribution in [0.1, 0.15) is 46.5 Å². The molecule has 3 rings (SSSR count). The summed E-state index contributed by atoms with van der Waals surface area (Å²) in [5.41, 5.74) is 5.37. The van der Waals surface area contributed by atoms with Crippen LogP contribution in [0.15, 0.2) is 22.8 Å². The number of hydrogen-bond donors (Lipinski definition) is 1. The summed E-state index contributed by atoms with van der Waals surface area (Å²) in [6, 6.07) is 0. The van der Waals surface area contributed by atoms with Crippen molar-refractivity contribution in [2.45, 2.75) is 46.5 Å². The number of rotatable bonds is 1. The normalized spacial score (nSPS) is 46.0. The summed E-state index contributed by atoms with van der Waals surface area (Å²) in [5, 5.41) is 9.51. The SMILES string of the molecule is CC1=C2CC[C@@]2(C)C[C@@H]2C[C@@](C)(CO)C=C12. The van der Waals surface area contributed by atoms with Crippen molar-refractivity contribution in [2.24, 2.45) is 16.7 Å². The third-order valence-electron chi connectivity index (χ3n) is 5.26. The first kappa shape index (κ1) is 10.6. The van der Waals surface area contributed by atoms with Gasteiger partial charge in [0.15, 0.2) is 0 Å². The molecule has 0 aromatic carbocycles. The van der Waals surface area contributed by atoms with Gasteiger partial charge in [-0.3, -0.25) is 0 Å². The summed E-state index contributed by atoms with van der Waals surface area (Å²) < 4.78 is 0. The van der Waals surface area contributed by atoms with E-state index in [0.29, 0.717) is 17.9 Å². The van der Waals surface area contributed by atoms with Gasteiger partial charge in [-0.25, -0.2) is 0 Å². The third kappa shape index (κ3) is 1.21. The fourth-order valence-electron chi connectivity index (χ4n) is 4.19. The summed E-state index contributed by atoms with van der Waals surface area (Å²) in [7, 11) is 0. The molecule has 1 nitrogen and oxygen atoms in total. The van der Waals surface area contributed by atoms with E-state index >= 15 is 0 Å². The van der Waals surface area contributed by atoms with Crippen LogP contribution >= 0.6 is 0 Å². The van der Waals surface area contributed by atoms with E-state index < -0.39 is 0 Å². The Balaban J connectivity index is 2.02. The lowest BCUT2D eigenvalue weighted by atomic mass is 9.55. The second-order valence-electron chi connectivity index (χ2n) is 6.68. The van der Waals surface area contributed by atoms with Gasteiger partial charge in [-0.2, -0.15) is 0 Å². The number of aliphatic hydroxyl groups is 1. The summed E-state index contributed by atoms with van der Waals surface area (Å²) in [6.07, 6.45) is 7.51. The van der Waals surface area contributed by atoms with Gasteiger partial charge in [0.05, 0.1) is 6.61 Å². The van der Waals surface area contributed by atoms with Crippen molar-refractivity contribution in [3.8, 4) is 0 Å². The van der Waals surface area contributed by atoms with Gasteiger partial charge < -0.3 is 5.11 Å². The first-order valence-corrected chi connectivity index (χ1v) is 6.52. The minimum atomic E-state index is 0.0436. The quantitative estimate of drug-likeness (QED) is 0.714. The van der Waals surface area contributed by atoms with Gasteiger partial charge in [-0.05, 0) is 55.1 Å². The van der Waals surface area contributed by atoms with Gasteiger partial charge >= 0.3 is 0 Å². The van der Waals surface area contributed by atoms with E-state index in [0.717, 1.165) is 6.42 Å². The van der Waals surface area contributed by atoms with E-state index in [1.807, 2.05) is 0 Å². The second kappa shape index (κ2) is 3.01. The molecule has 1 saturated carbocycles. The lowest BCUT2D eigenvalue weighted by Gasteiger charge is -2.49. The van der Waals surface area contributed by atoms with Crippen molar-refractivity contribution in [2.75, 3.05) is 6.61 Å². The van der Waals surface area contributed by atoms with Crippen molar-refractivity contribution >= 4 is 0 Å². The van der Waals surface area contributed by atoms with Crippen LogP contribution in [0.5, 0.6) is 0 Å². The van der Waals surface area contributed by atoms with Gasteiger partial charge in [0.1, 0.15) is 0 Å². The van der Waals surface area contributed by atoms with E-state index in [9.17, 15) is 5.11 Å². The fourth-order valence-corrected chi connectivity index (χ4v) is 4.19. The summed E-state index contributed by atoms with van der Waals surface area (Å²) in [6.45, 7) is 7.22. The van der Waals surface area contributed by atoms with Crippen LogP contribution in [0, 0.1) is 16.7 Å². The van der Waals surface area contributed by atoms with Crippen LogP contribution in [-0.2, 0) is 0 Å². The van der Waals surface area contributed by atoms with Crippen molar-refractivity contribution in [3.05, 3.63) is 22.8 Å². The Kier molecular flexibility index (Phi) is 1.99. The molecule has 0 aromatic rings. The highest BCUT2D eigenvalue weighted by molar-refractivity contribution is 5.48. The molecular formula is C15H22O. The second-order valence-corrected chi connectivity index (χ2v) is 6.68. The fraction of sp³-hybridized carbons (Fsp3) is 0.733. The average molecular weight is 218 g/mol. The zero-order valence-electron chi connectivity index (χ0n) is 10.6. The van der Waals surface area contributed by atoms with Gasteiger partial charge in [-0.15, -0.1) is 0 Å². The molecule has 0 spiro atoms. The summed E-state index contributed by atoms with van der Waals surface area (Å²) >= 11 is 0. The number of allylic oxidation sites excluding steroid dienone is 3. The van der Waals surface area contributed by atoms with E-state index in [2.05, 4.69) is 26.8 Å². The molecular weight excluding hydrogens is 196 g/mol. The highest BCUT2D eigenvalue weighted by atomic mass is 16.3. The van der Waals surface area contributed by atoms with Crippen molar-refractivity contribution in [1.82, 2.24) is 0 Å². The predicted molar refractivity (Wildman–Crippen MR) is 66.0 cm³/mol. The maximum Gasteiger partial charge on any atom is 0.0519 e. The number of aliphatic hydroxyl groups excluding tert-OH is 1. The molecule has 0 aliphatic heterocycles. The molecule has 0 saturated heterocycles. The summed E-state index contributed by atoms with van der Waals surface area (Å²) in [5.74, 6) is 0.714. The van der Waals surface area contributed by atoms with Crippen LogP contribution in [0.25, 0.3) is 0 Å². The predicted octanol–water partition coefficient (Wildman–Crippen LogP) is 3.45. The van der Waals surface area contributed by atoms with Crippen LogP contribution in [0.4, 0.5) is 0 Å². The molecule has 0 bridgehead atoms. The van der Waals surface area contributed by atoms with Crippen molar-refractivity contribution in [3.63, 3.8) is 0 Å². The van der Waals surface area contributed by atoms with Crippen LogP contribution in [0.2, 0.25) is 0 Å². The molecule has 3 aliphatic rings. The van der Waals surface area contributed by atoms with Crippen LogP contribution in [-0.4, -0.2) is 11.7 Å². The molecule has 0 aromatic heterocycles. The Morgan fingerprint density at radius 2 is 2.12 bits per heavy atom. The molecule has 3 atom stereocenters. The van der Waals surface area contributed by atoms with E-state index in [4.69, 9.17) is 0 Å². The molecule has 0 unspecified atom stereocenters. The zero-order chi connectivity index (χ0) is 11.6. The molecule has 0 radical (unpaired) electrons. The Morgan fingerprint density at radius 1 is 1.38 bits per heavy atom. The van der Waals surface area contributed by atoms with Gasteiger partial charge in [0, 0.05) is 5.41 Å². The van der Waals surface area contributed by atoms with Crippen molar-refractivity contribution in [1.29, 1.82) is 0 Å². The first-order chi connectivity index (χ1) is 7.47. The molecule has 88 valence electrons. The summed E-state index contributed by atoms with van der Waals surface area (Å²) in [4.78, 5) is 0. The Labute approximate surface area is 98.2 Å². The Hall–Kier alpha value is -0.560. The van der Waals surface area contributed by atoms with Crippen molar-refractivity contribution < 1.29 is 5.11 Å². The molecule has 1 heteroatoms. The maximum absolute atomic E-state index is 9.51. The molecule has 3 aliphatic carbocycles. The highest BCUT2D eigenvalue weighted by Crippen LogP contribution is 2.61. The minimum Gasteiger partial charge on any atom is -0.395 e. The molecule has 1 N–H and O–H groups in total. The van der Waals surface area contributed by atoms with E-state index in [1.165, 1.54) is 19.3 Å². The standard InChI is InChI=1S/C15H22O/c1-10-12-8-14(2,9-16)6-11(12)7-15(3)5-4-13(10)15/h8,11,16H,4-7,9H2,1-3H3/t11-,14+,15-/m0/s1. The minimum absolute atomic E-state index is 0.0436. The number of hydrogen-bond acceptors (Lipinski definition) is 1. The lowest BCUT2D eigenvalue weighted by Crippen LogP contribution is -2.36. The topological polar surface area (TPSA) is 20.2 Å². The molecule has 1 fully saturated rings. The molecule has 16 heavy (non-hydrogen) atoms. The number of fused-ring (bicyclic) bond motifs is 2. The van der Waals surface area contributed by atoms with Gasteiger partial charge in [0.25, 0.3) is 0 Å². The highest BCUT2D eigenvalue weighted by Gasteiger charge is 2.48. The molecule has 0 heterocycles. The van der Waals surface area contributed by atoms with E-state index in [1.54, 1.807) is 16.7 Å². The Morgan fingerprint density at radius 3 is 2.69 bits per heavy atom. The first-order valence-electron chi connectivity index (χ1n) is 6.52. The van der Waals surface area contributed by atoms with Crippen LogP contribution in [0.3, 0.4) is 0 Å². The zero-order valence-corrected chi connectivity index (χ0v) is 10.6. The maximum atomic E-state index is 9.51. The smallest absolute Gasteiger partial charge is 0.0519 e. The van der Waals surface area contributed by atoms with E-state index in [-0.39, 0.29) is 5.41 Å². The lowest BCUT2D eigenvalue weighted by molar-refractivity contribution is 0.148. The largest absolute Gasteiger partial charge is 0.395 e. The average Bonchev–Trinajstić information content (AvgIpc) is 2.54. The van der Waals surface area contributed by atoms with Gasteiger partial charge in [0.2, 0.25) is 0 Å². The molecule has 0 amide bonds.